The summed E-state index contributed by atoms with van der Waals surface area (Å²) in [6, 6.07) is 8.44. The first-order valence-corrected chi connectivity index (χ1v) is 7.56. The van der Waals surface area contributed by atoms with Crippen molar-refractivity contribution < 1.29 is 4.74 Å². The molecule has 2 rings (SSSR count). The Kier molecular flexibility index (Phi) is 5.09. The van der Waals surface area contributed by atoms with E-state index in [0.717, 1.165) is 23.7 Å². The second-order valence-corrected chi connectivity index (χ2v) is 5.71. The highest BCUT2D eigenvalue weighted by Gasteiger charge is 2.08. The normalized spacial score (nSPS) is 10.8. The zero-order valence-electron chi connectivity index (χ0n) is 12.4. The Morgan fingerprint density at radius 2 is 2.15 bits per heavy atom. The highest BCUT2D eigenvalue weighted by molar-refractivity contribution is 7.98. The van der Waals surface area contributed by atoms with Crippen LogP contribution in [-0.4, -0.2) is 23.9 Å². The van der Waals surface area contributed by atoms with Crippen LogP contribution in [0.1, 0.15) is 16.8 Å². The number of methoxy groups -OCH3 is 1. The number of nitrogens with one attached hydrogen (secondary N) is 1. The number of thioether (sulfide) groups is 1. The van der Waals surface area contributed by atoms with Crippen LogP contribution < -0.4 is 10.1 Å². The third-order valence-electron chi connectivity index (χ3n) is 3.06. The van der Waals surface area contributed by atoms with Crippen LogP contribution in [0.3, 0.4) is 0 Å². The molecule has 0 saturated carbocycles. The van der Waals surface area contributed by atoms with Crippen LogP contribution in [-0.2, 0) is 19.3 Å². The van der Waals surface area contributed by atoms with E-state index in [2.05, 4.69) is 28.6 Å². The second kappa shape index (κ2) is 6.81. The van der Waals surface area contributed by atoms with Crippen molar-refractivity contribution in [3.8, 4) is 5.75 Å². The van der Waals surface area contributed by atoms with E-state index in [1.807, 2.05) is 31.8 Å². The van der Waals surface area contributed by atoms with Gasteiger partial charge >= 0.3 is 0 Å². The molecule has 0 atom stereocenters. The molecule has 1 aromatic heterocycles. The molecule has 2 aromatic rings. The van der Waals surface area contributed by atoms with Crippen molar-refractivity contribution in [3.63, 3.8) is 0 Å². The summed E-state index contributed by atoms with van der Waals surface area (Å²) in [6.45, 7) is 2.88. The summed E-state index contributed by atoms with van der Waals surface area (Å²) >= 11 is 1.78. The summed E-state index contributed by atoms with van der Waals surface area (Å²) in [7, 11) is 5.65. The molecule has 0 spiro atoms. The SMILES string of the molecule is CNCc1ccc(OC)c(CSc2cc(C)nn2C)c1. The van der Waals surface area contributed by atoms with Gasteiger partial charge in [-0.25, -0.2) is 0 Å². The van der Waals surface area contributed by atoms with Gasteiger partial charge in [-0.1, -0.05) is 6.07 Å². The van der Waals surface area contributed by atoms with E-state index < -0.39 is 0 Å². The molecule has 0 bridgehead atoms. The van der Waals surface area contributed by atoms with Crippen LogP contribution in [0.15, 0.2) is 29.3 Å². The molecule has 20 heavy (non-hydrogen) atoms. The fourth-order valence-corrected chi connectivity index (χ4v) is 3.14. The van der Waals surface area contributed by atoms with Crippen LogP contribution >= 0.6 is 11.8 Å². The van der Waals surface area contributed by atoms with Crippen molar-refractivity contribution in [2.24, 2.45) is 7.05 Å². The number of aromatic nitrogens is 2. The molecule has 0 radical (unpaired) electrons. The van der Waals surface area contributed by atoms with Gasteiger partial charge in [0.2, 0.25) is 0 Å². The van der Waals surface area contributed by atoms with Gasteiger partial charge in [0, 0.05) is 24.9 Å². The first-order valence-electron chi connectivity index (χ1n) is 6.58. The topological polar surface area (TPSA) is 39.1 Å². The summed E-state index contributed by atoms with van der Waals surface area (Å²) < 4.78 is 7.37. The summed E-state index contributed by atoms with van der Waals surface area (Å²) in [4.78, 5) is 0. The number of hydrogen-bond acceptors (Lipinski definition) is 4. The average molecular weight is 291 g/mol. The van der Waals surface area contributed by atoms with E-state index in [1.165, 1.54) is 16.2 Å². The van der Waals surface area contributed by atoms with Gasteiger partial charge in [0.1, 0.15) is 5.75 Å². The number of hydrogen-bond donors (Lipinski definition) is 1. The first-order chi connectivity index (χ1) is 9.63. The Hall–Kier alpha value is -1.46. The minimum atomic E-state index is 0.868. The zero-order chi connectivity index (χ0) is 14.5. The lowest BCUT2D eigenvalue weighted by Gasteiger charge is -2.10. The fraction of sp³-hybridized carbons (Fsp3) is 0.400. The van der Waals surface area contributed by atoms with Crippen LogP contribution in [0.25, 0.3) is 0 Å². The van der Waals surface area contributed by atoms with Gasteiger partial charge in [-0.05, 0) is 37.7 Å². The molecular weight excluding hydrogens is 270 g/mol. The molecular formula is C15H21N3OS. The molecule has 0 aliphatic carbocycles. The summed E-state index contributed by atoms with van der Waals surface area (Å²) in [5, 5.41) is 8.71. The number of nitrogens with zero attached hydrogens (tertiary/aromatic N) is 2. The lowest BCUT2D eigenvalue weighted by molar-refractivity contribution is 0.411. The van der Waals surface area contributed by atoms with Crippen molar-refractivity contribution in [2.45, 2.75) is 24.2 Å². The molecule has 1 heterocycles. The predicted octanol–water partition coefficient (Wildman–Crippen LogP) is 2.75. The molecule has 0 saturated heterocycles. The highest BCUT2D eigenvalue weighted by atomic mass is 32.2. The zero-order valence-corrected chi connectivity index (χ0v) is 13.3. The maximum atomic E-state index is 5.45. The molecule has 5 heteroatoms. The lowest BCUT2D eigenvalue weighted by atomic mass is 10.1. The van der Waals surface area contributed by atoms with Crippen molar-refractivity contribution in [3.05, 3.63) is 41.1 Å². The summed E-state index contributed by atoms with van der Waals surface area (Å²) in [6.07, 6.45) is 0. The Morgan fingerprint density at radius 3 is 2.75 bits per heavy atom. The van der Waals surface area contributed by atoms with E-state index in [0.29, 0.717) is 0 Å². The molecule has 4 nitrogen and oxygen atoms in total. The van der Waals surface area contributed by atoms with Crippen LogP contribution in [0.4, 0.5) is 0 Å². The molecule has 0 amide bonds. The van der Waals surface area contributed by atoms with Crippen LogP contribution in [0.5, 0.6) is 5.75 Å². The third kappa shape index (κ3) is 3.55. The Balaban J connectivity index is 2.14. The number of aryl methyl sites for hydroxylation is 2. The van der Waals surface area contributed by atoms with Crippen molar-refractivity contribution in [1.82, 2.24) is 15.1 Å². The van der Waals surface area contributed by atoms with Gasteiger partial charge in [-0.2, -0.15) is 5.10 Å². The minimum absolute atomic E-state index is 0.868. The number of ether oxygens (including phenoxy) is 1. The van der Waals surface area contributed by atoms with Crippen molar-refractivity contribution in [2.75, 3.05) is 14.2 Å². The van der Waals surface area contributed by atoms with E-state index >= 15 is 0 Å². The lowest BCUT2D eigenvalue weighted by Crippen LogP contribution is -2.05. The smallest absolute Gasteiger partial charge is 0.122 e. The molecule has 0 aliphatic heterocycles. The molecule has 0 fully saturated rings. The van der Waals surface area contributed by atoms with Gasteiger partial charge in [0.25, 0.3) is 0 Å². The highest BCUT2D eigenvalue weighted by Crippen LogP contribution is 2.29. The third-order valence-corrected chi connectivity index (χ3v) is 4.19. The van der Waals surface area contributed by atoms with Gasteiger partial charge in [-0.15, -0.1) is 11.8 Å². The van der Waals surface area contributed by atoms with Crippen molar-refractivity contribution in [1.29, 1.82) is 0 Å². The molecule has 0 unspecified atom stereocenters. The summed E-state index contributed by atoms with van der Waals surface area (Å²) in [5.74, 6) is 1.82. The largest absolute Gasteiger partial charge is 0.496 e. The van der Waals surface area contributed by atoms with E-state index in [1.54, 1.807) is 18.9 Å². The van der Waals surface area contributed by atoms with Crippen LogP contribution in [0.2, 0.25) is 0 Å². The molecule has 108 valence electrons. The first kappa shape index (κ1) is 14.9. The Bertz CT molecular complexity index is 580. The standard InChI is InChI=1S/C15H21N3OS/c1-11-7-15(18(3)17-11)20-10-13-8-12(9-16-2)5-6-14(13)19-4/h5-8,16H,9-10H2,1-4H3. The molecule has 1 aromatic carbocycles. The second-order valence-electron chi connectivity index (χ2n) is 4.71. The van der Waals surface area contributed by atoms with E-state index in [4.69, 9.17) is 4.74 Å². The Morgan fingerprint density at radius 1 is 1.35 bits per heavy atom. The maximum Gasteiger partial charge on any atom is 0.122 e. The van der Waals surface area contributed by atoms with E-state index in [-0.39, 0.29) is 0 Å². The molecule has 0 aliphatic rings. The van der Waals surface area contributed by atoms with E-state index in [9.17, 15) is 0 Å². The van der Waals surface area contributed by atoms with Gasteiger partial charge in [0.05, 0.1) is 17.8 Å². The van der Waals surface area contributed by atoms with Crippen LogP contribution in [0, 0.1) is 6.92 Å². The van der Waals surface area contributed by atoms with Gasteiger partial charge in [-0.3, -0.25) is 4.68 Å². The quantitative estimate of drug-likeness (QED) is 0.831. The Labute approximate surface area is 124 Å². The predicted molar refractivity (Wildman–Crippen MR) is 83.3 cm³/mol. The van der Waals surface area contributed by atoms with Gasteiger partial charge < -0.3 is 10.1 Å². The summed E-state index contributed by atoms with van der Waals surface area (Å²) in [5.41, 5.74) is 3.53. The van der Waals surface area contributed by atoms with Crippen molar-refractivity contribution >= 4 is 11.8 Å². The average Bonchev–Trinajstić information content (AvgIpc) is 2.75. The fourth-order valence-electron chi connectivity index (χ4n) is 2.13. The minimum Gasteiger partial charge on any atom is -0.496 e. The monoisotopic (exact) mass is 291 g/mol. The number of rotatable bonds is 6. The maximum absolute atomic E-state index is 5.45. The molecule has 1 N–H and O–H groups in total. The number of benzene rings is 1. The van der Waals surface area contributed by atoms with Gasteiger partial charge in [0.15, 0.2) is 0 Å².